The Labute approximate surface area is 115 Å². The van der Waals surface area contributed by atoms with Crippen LogP contribution in [0.4, 0.5) is 5.69 Å². The van der Waals surface area contributed by atoms with Gasteiger partial charge in [0.15, 0.2) is 11.5 Å². The minimum atomic E-state index is -0.243. The minimum absolute atomic E-state index is 0.243. The van der Waals surface area contributed by atoms with E-state index in [4.69, 9.17) is 9.47 Å². The normalized spacial score (nSPS) is 10.0. The van der Waals surface area contributed by atoms with Crippen LogP contribution in [0.2, 0.25) is 0 Å². The summed E-state index contributed by atoms with van der Waals surface area (Å²) in [7, 11) is 1.56. The molecule has 1 aromatic carbocycles. The van der Waals surface area contributed by atoms with Crippen LogP contribution in [0.25, 0.3) is 0 Å². The molecule has 0 fully saturated rings. The highest BCUT2D eigenvalue weighted by Crippen LogP contribution is 2.30. The molecule has 1 N–H and O–H groups in total. The number of hydrogen-bond acceptors (Lipinski definition) is 5. The predicted molar refractivity (Wildman–Crippen MR) is 74.2 cm³/mol. The van der Waals surface area contributed by atoms with Gasteiger partial charge in [0, 0.05) is 17.1 Å². The number of nitrogens with zero attached hydrogens (tertiary/aromatic N) is 1. The number of nitrogens with one attached hydrogen (secondary N) is 1. The molecule has 5 nitrogen and oxygen atoms in total. The first-order chi connectivity index (χ1) is 9.24. The maximum absolute atomic E-state index is 11.8. The van der Waals surface area contributed by atoms with Gasteiger partial charge in [0.25, 0.3) is 5.91 Å². The fourth-order valence-corrected chi connectivity index (χ4v) is 2.07. The largest absolute Gasteiger partial charge is 0.493 e. The number of anilines is 1. The second-order valence-electron chi connectivity index (χ2n) is 3.63. The van der Waals surface area contributed by atoms with Crippen LogP contribution in [0.5, 0.6) is 11.5 Å². The lowest BCUT2D eigenvalue weighted by molar-refractivity contribution is 0.102. The summed E-state index contributed by atoms with van der Waals surface area (Å²) < 4.78 is 10.6. The molecule has 2 rings (SSSR count). The summed E-state index contributed by atoms with van der Waals surface area (Å²) in [6.07, 6.45) is 0. The van der Waals surface area contributed by atoms with Crippen molar-refractivity contribution in [1.82, 2.24) is 4.98 Å². The number of benzene rings is 1. The molecule has 2 aromatic rings. The van der Waals surface area contributed by atoms with Crippen molar-refractivity contribution in [3.63, 3.8) is 0 Å². The van der Waals surface area contributed by atoms with Gasteiger partial charge in [0.1, 0.15) is 5.69 Å². The predicted octanol–water partition coefficient (Wildman–Crippen LogP) is 2.80. The molecule has 0 aliphatic carbocycles. The molecule has 0 radical (unpaired) electrons. The number of rotatable bonds is 5. The number of carbonyl (C=O) groups excluding carboxylic acids is 1. The van der Waals surface area contributed by atoms with Gasteiger partial charge in [0.2, 0.25) is 0 Å². The molecule has 19 heavy (non-hydrogen) atoms. The van der Waals surface area contributed by atoms with E-state index in [-0.39, 0.29) is 5.91 Å². The highest BCUT2D eigenvalue weighted by atomic mass is 32.1. The molecule has 0 atom stereocenters. The van der Waals surface area contributed by atoms with Crippen LogP contribution >= 0.6 is 11.3 Å². The molecule has 100 valence electrons. The number of methoxy groups -OCH3 is 1. The molecule has 0 aliphatic rings. The number of aromatic nitrogens is 1. The summed E-state index contributed by atoms with van der Waals surface area (Å²) >= 11 is 1.38. The van der Waals surface area contributed by atoms with Crippen molar-refractivity contribution in [3.05, 3.63) is 34.8 Å². The number of thiazole rings is 1. The number of carbonyl (C=O) groups is 1. The molecule has 1 heterocycles. The second kappa shape index (κ2) is 6.19. The minimum Gasteiger partial charge on any atom is -0.493 e. The summed E-state index contributed by atoms with van der Waals surface area (Å²) in [6.45, 7) is 2.46. The van der Waals surface area contributed by atoms with E-state index in [1.165, 1.54) is 11.3 Å². The molecular weight excluding hydrogens is 264 g/mol. The third-order valence-electron chi connectivity index (χ3n) is 2.39. The van der Waals surface area contributed by atoms with Gasteiger partial charge in [-0.3, -0.25) is 4.79 Å². The summed E-state index contributed by atoms with van der Waals surface area (Å²) in [4.78, 5) is 15.8. The highest BCUT2D eigenvalue weighted by molar-refractivity contribution is 7.07. The average Bonchev–Trinajstić information content (AvgIpc) is 2.94. The molecule has 0 spiro atoms. The van der Waals surface area contributed by atoms with Crippen molar-refractivity contribution >= 4 is 22.9 Å². The summed E-state index contributed by atoms with van der Waals surface area (Å²) in [5.41, 5.74) is 2.66. The summed E-state index contributed by atoms with van der Waals surface area (Å²) in [5, 5.41) is 4.45. The third kappa shape index (κ3) is 3.23. The van der Waals surface area contributed by atoms with E-state index < -0.39 is 0 Å². The maximum Gasteiger partial charge on any atom is 0.275 e. The Morgan fingerprint density at radius 1 is 1.42 bits per heavy atom. The number of hydrogen-bond donors (Lipinski definition) is 1. The van der Waals surface area contributed by atoms with Crippen LogP contribution in [0.3, 0.4) is 0 Å². The first kappa shape index (κ1) is 13.4. The number of amides is 1. The van der Waals surface area contributed by atoms with Crippen LogP contribution < -0.4 is 14.8 Å². The van der Waals surface area contributed by atoms with Crippen molar-refractivity contribution in [3.8, 4) is 11.5 Å². The van der Waals surface area contributed by atoms with Crippen molar-refractivity contribution < 1.29 is 14.3 Å². The molecular formula is C13H14N2O3S. The van der Waals surface area contributed by atoms with E-state index in [0.717, 1.165) is 0 Å². The molecule has 1 amide bonds. The SMILES string of the molecule is CCOc1ccc(NC(=O)c2cscn2)cc1OC. The van der Waals surface area contributed by atoms with Crippen LogP contribution in [0, 0.1) is 0 Å². The van der Waals surface area contributed by atoms with Crippen molar-refractivity contribution in [2.45, 2.75) is 6.92 Å². The third-order valence-corrected chi connectivity index (χ3v) is 2.97. The van der Waals surface area contributed by atoms with Gasteiger partial charge >= 0.3 is 0 Å². The zero-order valence-electron chi connectivity index (χ0n) is 10.7. The lowest BCUT2D eigenvalue weighted by Gasteiger charge is -2.11. The van der Waals surface area contributed by atoms with Crippen LogP contribution in [0.15, 0.2) is 29.1 Å². The molecule has 6 heteroatoms. The first-order valence-electron chi connectivity index (χ1n) is 5.75. The number of ether oxygens (including phenoxy) is 2. The van der Waals surface area contributed by atoms with E-state index in [0.29, 0.717) is 29.5 Å². The van der Waals surface area contributed by atoms with Gasteiger partial charge in [0.05, 0.1) is 19.2 Å². The fraction of sp³-hybridized carbons (Fsp3) is 0.231. The second-order valence-corrected chi connectivity index (χ2v) is 4.35. The molecule has 0 aliphatic heterocycles. The Bertz CT molecular complexity index is 555. The van der Waals surface area contributed by atoms with Crippen LogP contribution in [0.1, 0.15) is 17.4 Å². The molecule has 0 unspecified atom stereocenters. The van der Waals surface area contributed by atoms with E-state index in [2.05, 4.69) is 10.3 Å². The van der Waals surface area contributed by atoms with Gasteiger partial charge < -0.3 is 14.8 Å². The molecule has 1 aromatic heterocycles. The monoisotopic (exact) mass is 278 g/mol. The summed E-state index contributed by atoms with van der Waals surface area (Å²) in [5.74, 6) is 0.988. The average molecular weight is 278 g/mol. The van der Waals surface area contributed by atoms with Gasteiger partial charge in [-0.25, -0.2) is 4.98 Å². The van der Waals surface area contributed by atoms with Crippen molar-refractivity contribution in [2.24, 2.45) is 0 Å². The van der Waals surface area contributed by atoms with E-state index in [1.807, 2.05) is 6.92 Å². The zero-order valence-corrected chi connectivity index (χ0v) is 11.5. The Morgan fingerprint density at radius 3 is 2.89 bits per heavy atom. The van der Waals surface area contributed by atoms with E-state index >= 15 is 0 Å². The van der Waals surface area contributed by atoms with Crippen molar-refractivity contribution in [2.75, 3.05) is 19.0 Å². The van der Waals surface area contributed by atoms with Crippen molar-refractivity contribution in [1.29, 1.82) is 0 Å². The van der Waals surface area contributed by atoms with Gasteiger partial charge in [-0.15, -0.1) is 11.3 Å². The first-order valence-corrected chi connectivity index (χ1v) is 6.69. The van der Waals surface area contributed by atoms with Gasteiger partial charge in [-0.1, -0.05) is 0 Å². The Morgan fingerprint density at radius 2 is 2.26 bits per heavy atom. The topological polar surface area (TPSA) is 60.5 Å². The Kier molecular flexibility index (Phi) is 4.35. The van der Waals surface area contributed by atoms with Crippen LogP contribution in [-0.4, -0.2) is 24.6 Å². The molecule has 0 saturated heterocycles. The highest BCUT2D eigenvalue weighted by Gasteiger charge is 2.10. The van der Waals surface area contributed by atoms with E-state index in [1.54, 1.807) is 36.2 Å². The molecule has 0 saturated carbocycles. The lowest BCUT2D eigenvalue weighted by atomic mass is 10.2. The standard InChI is InChI=1S/C13H14N2O3S/c1-3-18-11-5-4-9(6-12(11)17-2)15-13(16)10-7-19-8-14-10/h4-8H,3H2,1-2H3,(H,15,16). The molecule has 0 bridgehead atoms. The summed E-state index contributed by atoms with van der Waals surface area (Å²) in [6, 6.07) is 5.24. The quantitative estimate of drug-likeness (QED) is 0.913. The Hall–Kier alpha value is -2.08. The maximum atomic E-state index is 11.8. The van der Waals surface area contributed by atoms with E-state index in [9.17, 15) is 4.79 Å². The van der Waals surface area contributed by atoms with Gasteiger partial charge in [-0.05, 0) is 19.1 Å². The Balaban J connectivity index is 2.15. The smallest absolute Gasteiger partial charge is 0.275 e. The lowest BCUT2D eigenvalue weighted by Crippen LogP contribution is -2.12. The zero-order chi connectivity index (χ0) is 13.7. The fourth-order valence-electron chi connectivity index (χ4n) is 1.54. The van der Waals surface area contributed by atoms with Crippen LogP contribution in [-0.2, 0) is 0 Å². The van der Waals surface area contributed by atoms with Gasteiger partial charge in [-0.2, -0.15) is 0 Å².